The number of allylic oxidation sites excluding steroid dienone is 6. The number of ether oxygens (including phenoxy) is 4. The standard InChI is InChI=1S/C38H38N2O10/c1-4-6-8-9-10-14-25(41)49-23-13-11-12-20-30(39-15-7-5-2)28-32(43)29-27-24(47-18-48-34(27)35(28)50-33(20)23)17-22-31(42)21-16-19(3)40-37(45)26(21)36(44)38(22,29)46/h4,6,8-11,13-14,16,20,22-24,33,43,46H,5,7,12,15,17-18H2,1-3H3,(H,40,45)/b6-4+,9-8+,14-10+,39-30?/t20-,22+,23+,24+,33-,38+/m0/s1. The molecule has 1 aromatic carbocycles. The van der Waals surface area contributed by atoms with Crippen molar-refractivity contribution in [3.63, 3.8) is 0 Å². The number of pyridine rings is 1. The van der Waals surface area contributed by atoms with Gasteiger partial charge >= 0.3 is 5.97 Å². The van der Waals surface area contributed by atoms with Crippen LogP contribution >= 0.6 is 0 Å². The van der Waals surface area contributed by atoms with Gasteiger partial charge in [0.15, 0.2) is 35.8 Å². The summed E-state index contributed by atoms with van der Waals surface area (Å²) in [7, 11) is 0. The van der Waals surface area contributed by atoms with Crippen molar-refractivity contribution >= 4 is 23.2 Å². The minimum Gasteiger partial charge on any atom is -0.507 e. The molecule has 2 aromatic rings. The van der Waals surface area contributed by atoms with Crippen LogP contribution < -0.4 is 15.0 Å². The minimum atomic E-state index is -2.61. The third kappa shape index (κ3) is 5.16. The summed E-state index contributed by atoms with van der Waals surface area (Å²) in [4.78, 5) is 61.8. The van der Waals surface area contributed by atoms with E-state index in [1.54, 1.807) is 31.2 Å². The summed E-state index contributed by atoms with van der Waals surface area (Å²) in [5.41, 5.74) is -3.14. The quantitative estimate of drug-likeness (QED) is 0.123. The van der Waals surface area contributed by atoms with Gasteiger partial charge in [-0.2, -0.15) is 0 Å². The van der Waals surface area contributed by atoms with E-state index in [9.17, 15) is 29.4 Å². The molecule has 0 bridgehead atoms. The van der Waals surface area contributed by atoms with E-state index in [1.807, 2.05) is 32.1 Å². The lowest BCUT2D eigenvalue weighted by Gasteiger charge is -2.48. The molecule has 50 heavy (non-hydrogen) atoms. The molecule has 12 heteroatoms. The van der Waals surface area contributed by atoms with Crippen LogP contribution in [-0.2, 0) is 19.9 Å². The fourth-order valence-corrected chi connectivity index (χ4v) is 7.73. The molecule has 2 aliphatic heterocycles. The molecule has 7 rings (SSSR count). The number of Topliss-reactive ketones (excluding diaryl/α,β-unsaturated/α-hetero) is 2. The number of hydrogen-bond acceptors (Lipinski definition) is 11. The predicted octanol–water partition coefficient (Wildman–Crippen LogP) is 4.61. The van der Waals surface area contributed by atoms with Crippen LogP contribution in [0.2, 0.25) is 0 Å². The van der Waals surface area contributed by atoms with E-state index in [-0.39, 0.29) is 47.0 Å². The van der Waals surface area contributed by atoms with Crippen LogP contribution in [0.5, 0.6) is 17.2 Å². The average molecular weight is 683 g/mol. The highest BCUT2D eigenvalue weighted by Crippen LogP contribution is 2.62. The number of phenolic OH excluding ortho intramolecular Hbond substituents is 1. The Balaban J connectivity index is 1.39. The van der Waals surface area contributed by atoms with Crippen molar-refractivity contribution in [2.45, 2.75) is 70.4 Å². The number of nitrogens with one attached hydrogen (secondary N) is 1. The number of carbonyl (C=O) groups is 3. The summed E-state index contributed by atoms with van der Waals surface area (Å²) >= 11 is 0. The van der Waals surface area contributed by atoms with Crippen LogP contribution in [0.15, 0.2) is 64.5 Å². The lowest BCUT2D eigenvalue weighted by Crippen LogP contribution is -2.56. The molecular weight excluding hydrogens is 644 g/mol. The van der Waals surface area contributed by atoms with E-state index >= 15 is 0 Å². The number of H-pyrrole nitrogens is 1. The fraction of sp³-hybridized carbons (Fsp3) is 0.395. The Bertz CT molecular complexity index is 2000. The predicted molar refractivity (Wildman–Crippen MR) is 181 cm³/mol. The third-order valence-corrected chi connectivity index (χ3v) is 9.98. The van der Waals surface area contributed by atoms with Gasteiger partial charge in [-0.05, 0) is 45.3 Å². The molecular formula is C38H38N2O10. The fourth-order valence-electron chi connectivity index (χ4n) is 7.73. The largest absolute Gasteiger partial charge is 0.507 e. The Morgan fingerprint density at radius 1 is 1.16 bits per heavy atom. The first-order chi connectivity index (χ1) is 24.1. The number of esters is 1. The summed E-state index contributed by atoms with van der Waals surface area (Å²) in [5.74, 6) is -4.31. The highest BCUT2D eigenvalue weighted by atomic mass is 16.7. The smallest absolute Gasteiger partial charge is 0.331 e. The third-order valence-electron chi connectivity index (χ3n) is 9.98. The number of aromatic amines is 1. The number of nitrogens with zero attached hydrogens (tertiary/aromatic N) is 1. The molecule has 6 atom stereocenters. The van der Waals surface area contributed by atoms with Crippen molar-refractivity contribution in [3.05, 3.63) is 98.5 Å². The van der Waals surface area contributed by atoms with Crippen LogP contribution in [0.3, 0.4) is 0 Å². The van der Waals surface area contributed by atoms with Gasteiger partial charge in [-0.25, -0.2) is 4.79 Å². The van der Waals surface area contributed by atoms with E-state index in [1.165, 1.54) is 12.1 Å². The van der Waals surface area contributed by atoms with E-state index in [4.69, 9.17) is 23.9 Å². The lowest BCUT2D eigenvalue weighted by molar-refractivity contribution is -0.146. The molecule has 5 aliphatic rings. The van der Waals surface area contributed by atoms with E-state index in [0.29, 0.717) is 24.4 Å². The number of ketones is 2. The Morgan fingerprint density at radius 2 is 1.96 bits per heavy atom. The van der Waals surface area contributed by atoms with Gasteiger partial charge in [0.05, 0.1) is 28.9 Å². The number of aliphatic imine (C=N–C) groups is 1. The van der Waals surface area contributed by atoms with Crippen molar-refractivity contribution < 1.29 is 43.5 Å². The number of unbranched alkanes of at least 4 members (excludes halogenated alkanes) is 1. The minimum absolute atomic E-state index is 0.0784. The second-order valence-corrected chi connectivity index (χ2v) is 13.1. The van der Waals surface area contributed by atoms with Crippen molar-refractivity contribution in [1.82, 2.24) is 4.98 Å². The first-order valence-corrected chi connectivity index (χ1v) is 16.9. The van der Waals surface area contributed by atoms with Gasteiger partial charge in [-0.15, -0.1) is 0 Å². The number of phenols is 1. The second-order valence-electron chi connectivity index (χ2n) is 13.1. The number of fused-ring (bicyclic) bond motifs is 6. The SMILES string of the molecule is C/C=C/C=C/C=C/C(=O)O[C@@H]1C=CC[C@H]2C(=NCCCC)c3c(O)c4c5c(c3O[C@H]12)OCO[C@@H]5C[C@@H]1C(=O)c2cc(C)[nH]c(=O)c2C(=O)[C@]41O. The molecule has 0 unspecified atom stereocenters. The van der Waals surface area contributed by atoms with Crippen molar-refractivity contribution in [2.75, 3.05) is 13.3 Å². The van der Waals surface area contributed by atoms with Gasteiger partial charge in [0.1, 0.15) is 11.9 Å². The Labute approximate surface area is 287 Å². The summed E-state index contributed by atoms with van der Waals surface area (Å²) in [6.07, 6.45) is 13.1. The average Bonchev–Trinajstić information content (AvgIpc) is 3.09. The zero-order valence-electron chi connectivity index (χ0n) is 27.9. The summed E-state index contributed by atoms with van der Waals surface area (Å²) in [6, 6.07) is 1.43. The molecule has 260 valence electrons. The number of benzene rings is 1. The number of aryl methyl sites for hydroxylation is 1. The van der Waals surface area contributed by atoms with Crippen molar-refractivity contribution in [1.29, 1.82) is 0 Å². The molecule has 0 radical (unpaired) electrons. The second kappa shape index (κ2) is 13.0. The van der Waals surface area contributed by atoms with E-state index in [0.717, 1.165) is 12.8 Å². The number of hydrogen-bond donors (Lipinski definition) is 3. The highest BCUT2D eigenvalue weighted by molar-refractivity contribution is 6.20. The molecule has 0 spiro atoms. The normalized spacial score (nSPS) is 28.6. The molecule has 0 saturated carbocycles. The monoisotopic (exact) mass is 682 g/mol. The van der Waals surface area contributed by atoms with Crippen LogP contribution in [-0.4, -0.2) is 64.0 Å². The lowest BCUT2D eigenvalue weighted by atomic mass is 9.60. The van der Waals surface area contributed by atoms with Gasteiger partial charge < -0.3 is 34.1 Å². The molecule has 3 N–H and O–H groups in total. The van der Waals surface area contributed by atoms with Gasteiger partial charge in [0, 0.05) is 40.9 Å². The van der Waals surface area contributed by atoms with E-state index < -0.39 is 70.2 Å². The maximum Gasteiger partial charge on any atom is 0.331 e. The van der Waals surface area contributed by atoms with Crippen LogP contribution in [0, 0.1) is 18.8 Å². The maximum atomic E-state index is 14.3. The number of aromatic nitrogens is 1. The first-order valence-electron chi connectivity index (χ1n) is 16.9. The summed E-state index contributed by atoms with van der Waals surface area (Å²) < 4.78 is 24.4. The number of aromatic hydroxyl groups is 1. The highest BCUT2D eigenvalue weighted by Gasteiger charge is 2.63. The first kappa shape index (κ1) is 33.4. The van der Waals surface area contributed by atoms with Gasteiger partial charge in [0.25, 0.3) is 5.56 Å². The number of aliphatic hydroxyl groups is 1. The molecule has 0 fully saturated rings. The van der Waals surface area contributed by atoms with Crippen LogP contribution in [0.1, 0.15) is 88.7 Å². The zero-order valence-corrected chi connectivity index (χ0v) is 27.9. The molecule has 0 amide bonds. The molecule has 3 heterocycles. The topological polar surface area (TPSA) is 174 Å². The van der Waals surface area contributed by atoms with Gasteiger partial charge in [-0.1, -0.05) is 49.8 Å². The van der Waals surface area contributed by atoms with Gasteiger partial charge in [-0.3, -0.25) is 19.4 Å². The van der Waals surface area contributed by atoms with E-state index in [2.05, 4.69) is 4.98 Å². The maximum absolute atomic E-state index is 14.3. The zero-order chi connectivity index (χ0) is 35.3. The number of carbonyl (C=O) groups excluding carboxylic acids is 3. The Kier molecular flexibility index (Phi) is 8.69. The summed E-state index contributed by atoms with van der Waals surface area (Å²) in [5, 5.41) is 24.8. The summed E-state index contributed by atoms with van der Waals surface area (Å²) in [6.45, 7) is 5.67. The molecule has 12 nitrogen and oxygen atoms in total. The Morgan fingerprint density at radius 3 is 2.74 bits per heavy atom. The number of rotatable bonds is 7. The van der Waals surface area contributed by atoms with Crippen LogP contribution in [0.25, 0.3) is 0 Å². The molecule has 1 aromatic heterocycles. The molecule has 3 aliphatic carbocycles. The Hall–Kier alpha value is -5.07. The van der Waals surface area contributed by atoms with Gasteiger partial charge in [0.2, 0.25) is 5.78 Å². The van der Waals surface area contributed by atoms with Crippen molar-refractivity contribution in [2.24, 2.45) is 16.8 Å². The molecule has 0 saturated heterocycles. The van der Waals surface area contributed by atoms with Crippen LogP contribution in [0.4, 0.5) is 0 Å². The van der Waals surface area contributed by atoms with Crippen molar-refractivity contribution in [3.8, 4) is 17.2 Å².